The maximum Gasteiger partial charge on any atom is 0.407 e. The zero-order chi connectivity index (χ0) is 17.8. The highest BCUT2D eigenvalue weighted by molar-refractivity contribution is 5.89. The highest BCUT2D eigenvalue weighted by atomic mass is 16.6. The number of nitrogens with one attached hydrogen (secondary N) is 2. The van der Waals surface area contributed by atoms with Crippen LogP contribution in [0.4, 0.5) is 4.79 Å². The molecule has 2 N–H and O–H groups in total. The molecule has 0 aromatic rings. The minimum absolute atomic E-state index is 0.0114. The second-order valence-electron chi connectivity index (χ2n) is 7.56. The molecular weight excluding hydrogens is 298 g/mol. The van der Waals surface area contributed by atoms with Gasteiger partial charge in [0.1, 0.15) is 5.60 Å². The van der Waals surface area contributed by atoms with Crippen LogP contribution in [0.2, 0.25) is 0 Å². The van der Waals surface area contributed by atoms with E-state index in [1.54, 1.807) is 25.7 Å². The lowest BCUT2D eigenvalue weighted by molar-refractivity contribution is -0.129. The molecule has 0 spiro atoms. The second-order valence-corrected chi connectivity index (χ2v) is 7.56. The molecule has 0 aromatic heterocycles. The van der Waals surface area contributed by atoms with Crippen molar-refractivity contribution in [3.05, 3.63) is 0 Å². The minimum Gasteiger partial charge on any atom is -0.444 e. The number of likely N-dealkylation sites (tertiary alicyclic amines) is 1. The van der Waals surface area contributed by atoms with Crippen molar-refractivity contribution in [2.45, 2.75) is 59.1 Å². The average Bonchev–Trinajstić information content (AvgIpc) is 2.75. The van der Waals surface area contributed by atoms with Crippen molar-refractivity contribution in [2.75, 3.05) is 19.6 Å². The standard InChI is InChI=1S/C16H29N3O4/c1-7-19-9-11(8-12(19)20)13(21)18-16(5,6)10-17-14(22)23-15(2,3)4/h11H,7-10H2,1-6H3,(H,17,22)(H,18,21). The fourth-order valence-electron chi connectivity index (χ4n) is 2.34. The summed E-state index contributed by atoms with van der Waals surface area (Å²) in [5.74, 6) is -0.481. The van der Waals surface area contributed by atoms with Crippen molar-refractivity contribution in [3.8, 4) is 0 Å². The van der Waals surface area contributed by atoms with Gasteiger partial charge in [0.15, 0.2) is 0 Å². The zero-order valence-electron chi connectivity index (χ0n) is 15.0. The van der Waals surface area contributed by atoms with Gasteiger partial charge in [-0.15, -0.1) is 0 Å². The fraction of sp³-hybridized carbons (Fsp3) is 0.812. The van der Waals surface area contributed by atoms with E-state index in [2.05, 4.69) is 10.6 Å². The van der Waals surface area contributed by atoms with Crippen LogP contribution < -0.4 is 10.6 Å². The maximum atomic E-state index is 12.3. The van der Waals surface area contributed by atoms with Crippen LogP contribution in [0.3, 0.4) is 0 Å². The van der Waals surface area contributed by atoms with E-state index in [-0.39, 0.29) is 30.7 Å². The predicted octanol–water partition coefficient (Wildman–Crippen LogP) is 1.27. The van der Waals surface area contributed by atoms with Crippen LogP contribution in [0.15, 0.2) is 0 Å². The molecule has 132 valence electrons. The molecule has 1 aliphatic heterocycles. The van der Waals surface area contributed by atoms with Gasteiger partial charge < -0.3 is 20.3 Å². The van der Waals surface area contributed by atoms with Crippen molar-refractivity contribution in [1.29, 1.82) is 0 Å². The van der Waals surface area contributed by atoms with E-state index in [9.17, 15) is 14.4 Å². The largest absolute Gasteiger partial charge is 0.444 e. The molecule has 7 heteroatoms. The first-order valence-electron chi connectivity index (χ1n) is 8.00. The van der Waals surface area contributed by atoms with Crippen molar-refractivity contribution in [3.63, 3.8) is 0 Å². The molecule has 0 bridgehead atoms. The predicted molar refractivity (Wildman–Crippen MR) is 86.8 cm³/mol. The number of carbonyl (C=O) groups is 3. The van der Waals surface area contributed by atoms with Gasteiger partial charge in [-0.3, -0.25) is 9.59 Å². The topological polar surface area (TPSA) is 87.7 Å². The first-order valence-corrected chi connectivity index (χ1v) is 8.00. The molecule has 0 aliphatic carbocycles. The Morgan fingerprint density at radius 2 is 1.87 bits per heavy atom. The Morgan fingerprint density at radius 3 is 2.35 bits per heavy atom. The molecule has 0 aromatic carbocycles. The molecule has 1 saturated heterocycles. The summed E-state index contributed by atoms with van der Waals surface area (Å²) in [7, 11) is 0. The molecule has 1 atom stereocenters. The van der Waals surface area contributed by atoms with E-state index in [0.717, 1.165) is 0 Å². The molecule has 1 unspecified atom stereocenters. The van der Waals surface area contributed by atoms with Gasteiger partial charge in [-0.25, -0.2) is 4.79 Å². The summed E-state index contributed by atoms with van der Waals surface area (Å²) in [6.45, 7) is 12.2. The fourth-order valence-corrected chi connectivity index (χ4v) is 2.34. The van der Waals surface area contributed by atoms with Crippen LogP contribution in [0.5, 0.6) is 0 Å². The van der Waals surface area contributed by atoms with Crippen LogP contribution in [0.25, 0.3) is 0 Å². The third-order valence-electron chi connectivity index (χ3n) is 3.50. The number of amides is 3. The zero-order valence-corrected chi connectivity index (χ0v) is 15.0. The molecule has 3 amide bonds. The van der Waals surface area contributed by atoms with Crippen LogP contribution in [0.1, 0.15) is 48.0 Å². The van der Waals surface area contributed by atoms with Crippen molar-refractivity contribution in [2.24, 2.45) is 5.92 Å². The first kappa shape index (κ1) is 19.3. The third-order valence-corrected chi connectivity index (χ3v) is 3.50. The van der Waals surface area contributed by atoms with Gasteiger partial charge in [0.2, 0.25) is 11.8 Å². The van der Waals surface area contributed by atoms with E-state index in [4.69, 9.17) is 4.74 Å². The maximum absolute atomic E-state index is 12.3. The molecule has 0 saturated carbocycles. The second kappa shape index (κ2) is 7.19. The lowest BCUT2D eigenvalue weighted by Gasteiger charge is -2.29. The molecular formula is C16H29N3O4. The third kappa shape index (κ3) is 6.46. The molecule has 1 heterocycles. The van der Waals surface area contributed by atoms with Crippen LogP contribution in [-0.4, -0.2) is 53.6 Å². The summed E-state index contributed by atoms with van der Waals surface area (Å²) in [6, 6.07) is 0. The van der Waals surface area contributed by atoms with Crippen molar-refractivity contribution >= 4 is 17.9 Å². The number of rotatable bonds is 5. The van der Waals surface area contributed by atoms with E-state index in [0.29, 0.717) is 13.1 Å². The van der Waals surface area contributed by atoms with Crippen LogP contribution >= 0.6 is 0 Å². The van der Waals surface area contributed by atoms with Crippen LogP contribution in [0, 0.1) is 5.92 Å². The van der Waals surface area contributed by atoms with Gasteiger partial charge in [-0.05, 0) is 41.5 Å². The summed E-state index contributed by atoms with van der Waals surface area (Å²) in [5.41, 5.74) is -1.19. The van der Waals surface area contributed by atoms with Gasteiger partial charge in [0, 0.05) is 26.1 Å². The summed E-state index contributed by atoms with van der Waals surface area (Å²) < 4.78 is 5.17. The summed E-state index contributed by atoms with van der Waals surface area (Å²) in [6.07, 6.45) is -0.275. The molecule has 1 aliphatic rings. The molecule has 1 rings (SSSR count). The molecule has 1 fully saturated rings. The highest BCUT2D eigenvalue weighted by Gasteiger charge is 2.35. The Morgan fingerprint density at radius 1 is 1.26 bits per heavy atom. The molecule has 0 radical (unpaired) electrons. The number of carbonyl (C=O) groups excluding carboxylic acids is 3. The Labute approximate surface area is 138 Å². The Hall–Kier alpha value is -1.79. The van der Waals surface area contributed by atoms with E-state index < -0.39 is 17.2 Å². The van der Waals surface area contributed by atoms with Gasteiger partial charge in [0.05, 0.1) is 11.5 Å². The monoisotopic (exact) mass is 327 g/mol. The number of hydrogen-bond acceptors (Lipinski definition) is 4. The lowest BCUT2D eigenvalue weighted by Crippen LogP contribution is -2.53. The van der Waals surface area contributed by atoms with E-state index in [1.807, 2.05) is 20.8 Å². The molecule has 23 heavy (non-hydrogen) atoms. The normalized spacial score (nSPS) is 18.8. The smallest absolute Gasteiger partial charge is 0.407 e. The summed E-state index contributed by atoms with van der Waals surface area (Å²) in [5, 5.41) is 5.54. The average molecular weight is 327 g/mol. The summed E-state index contributed by atoms with van der Waals surface area (Å²) in [4.78, 5) is 37.4. The van der Waals surface area contributed by atoms with Gasteiger partial charge in [-0.2, -0.15) is 0 Å². The van der Waals surface area contributed by atoms with E-state index >= 15 is 0 Å². The SMILES string of the molecule is CCN1CC(C(=O)NC(C)(C)CNC(=O)OC(C)(C)C)CC1=O. The quantitative estimate of drug-likeness (QED) is 0.796. The van der Waals surface area contributed by atoms with Gasteiger partial charge >= 0.3 is 6.09 Å². The van der Waals surface area contributed by atoms with Crippen molar-refractivity contribution < 1.29 is 19.1 Å². The Balaban J connectivity index is 2.47. The number of alkyl carbamates (subject to hydrolysis) is 1. The van der Waals surface area contributed by atoms with Crippen molar-refractivity contribution in [1.82, 2.24) is 15.5 Å². The Bertz CT molecular complexity index is 468. The highest BCUT2D eigenvalue weighted by Crippen LogP contribution is 2.18. The lowest BCUT2D eigenvalue weighted by atomic mass is 10.0. The van der Waals surface area contributed by atoms with Gasteiger partial charge in [-0.1, -0.05) is 0 Å². The summed E-state index contributed by atoms with van der Waals surface area (Å²) >= 11 is 0. The van der Waals surface area contributed by atoms with E-state index in [1.165, 1.54) is 0 Å². The number of hydrogen-bond donors (Lipinski definition) is 2. The molecule has 7 nitrogen and oxygen atoms in total. The first-order chi connectivity index (χ1) is 10.4. The van der Waals surface area contributed by atoms with Crippen LogP contribution in [-0.2, 0) is 14.3 Å². The number of ether oxygens (including phenoxy) is 1. The van der Waals surface area contributed by atoms with Gasteiger partial charge in [0.25, 0.3) is 0 Å². The minimum atomic E-state index is -0.628. The Kier molecular flexibility index (Phi) is 6.02. The number of nitrogens with zero attached hydrogens (tertiary/aromatic N) is 1.